The van der Waals surface area contributed by atoms with Gasteiger partial charge in [-0.1, -0.05) is 72.8 Å². The lowest BCUT2D eigenvalue weighted by Crippen LogP contribution is -2.33. The molecule has 0 bridgehead atoms. The van der Waals surface area contributed by atoms with E-state index < -0.39 is 11.9 Å². The van der Waals surface area contributed by atoms with Gasteiger partial charge in [0.05, 0.1) is 11.6 Å². The number of benzene rings is 3. The topological polar surface area (TPSA) is 81.4 Å². The summed E-state index contributed by atoms with van der Waals surface area (Å²) in [4.78, 5) is 24.7. The van der Waals surface area contributed by atoms with Crippen molar-refractivity contribution in [1.29, 1.82) is 0 Å². The minimum absolute atomic E-state index is 0.260. The van der Waals surface area contributed by atoms with E-state index in [0.717, 1.165) is 16.7 Å². The van der Waals surface area contributed by atoms with Gasteiger partial charge in [0, 0.05) is 5.69 Å². The van der Waals surface area contributed by atoms with Gasteiger partial charge in [-0.25, -0.2) is 4.79 Å². The molecular weight excluding hydrogens is 352 g/mol. The van der Waals surface area contributed by atoms with E-state index in [-0.39, 0.29) is 18.2 Å². The molecule has 28 heavy (non-hydrogen) atoms. The summed E-state index contributed by atoms with van der Waals surface area (Å²) in [6, 6.07) is 24.0. The zero-order chi connectivity index (χ0) is 19.9. The normalized spacial score (nSPS) is 10.5. The number of amides is 1. The molecular formula is C23H22N2O3. The molecule has 1 amide bonds. The zero-order valence-electron chi connectivity index (χ0n) is 15.6. The molecule has 0 aliphatic heterocycles. The highest BCUT2D eigenvalue weighted by Crippen LogP contribution is 2.22. The average molecular weight is 374 g/mol. The van der Waals surface area contributed by atoms with Crippen molar-refractivity contribution in [3.05, 3.63) is 101 Å². The lowest BCUT2D eigenvalue weighted by atomic mass is 9.99. The van der Waals surface area contributed by atoms with Crippen LogP contribution in [0, 0.1) is 6.92 Å². The van der Waals surface area contributed by atoms with Gasteiger partial charge >= 0.3 is 5.97 Å². The Balaban J connectivity index is 1.69. The van der Waals surface area contributed by atoms with Crippen molar-refractivity contribution in [3.8, 4) is 0 Å². The molecule has 0 heterocycles. The van der Waals surface area contributed by atoms with Crippen LogP contribution in [0.4, 0.5) is 5.69 Å². The number of carbonyl (C=O) groups is 2. The van der Waals surface area contributed by atoms with Crippen molar-refractivity contribution in [2.24, 2.45) is 0 Å². The number of para-hydroxylation sites is 1. The summed E-state index contributed by atoms with van der Waals surface area (Å²) < 4.78 is 5.17. The first-order chi connectivity index (χ1) is 13.6. The first kappa shape index (κ1) is 19.2. The van der Waals surface area contributed by atoms with Gasteiger partial charge < -0.3 is 15.8 Å². The number of aryl methyl sites for hydroxylation is 1. The van der Waals surface area contributed by atoms with E-state index in [1.165, 1.54) is 0 Å². The first-order valence-corrected chi connectivity index (χ1v) is 8.97. The molecule has 0 saturated carbocycles. The molecule has 0 radical (unpaired) electrons. The van der Waals surface area contributed by atoms with E-state index in [1.807, 2.05) is 73.7 Å². The second-order valence-corrected chi connectivity index (χ2v) is 6.43. The van der Waals surface area contributed by atoms with Crippen molar-refractivity contribution in [2.45, 2.75) is 13.0 Å². The fraction of sp³-hybridized carbons (Fsp3) is 0.130. The standard InChI is InChI=1S/C23H22N2O3/c1-16-9-8-14-19(21(16)24)23(27)28-15-20(26)25-22(17-10-4-2-5-11-17)18-12-6-3-7-13-18/h2-14,22H,15,24H2,1H3,(H,25,26). The predicted molar refractivity (Wildman–Crippen MR) is 109 cm³/mol. The van der Waals surface area contributed by atoms with Crippen molar-refractivity contribution < 1.29 is 14.3 Å². The number of nitrogens with two attached hydrogens (primary N) is 1. The summed E-state index contributed by atoms with van der Waals surface area (Å²) in [5.41, 5.74) is 9.21. The number of nitrogens with one attached hydrogen (secondary N) is 1. The van der Waals surface area contributed by atoms with Crippen LogP contribution in [0.1, 0.15) is 33.1 Å². The Hall–Kier alpha value is -3.60. The lowest BCUT2D eigenvalue weighted by Gasteiger charge is -2.20. The van der Waals surface area contributed by atoms with E-state index in [1.54, 1.807) is 12.1 Å². The number of hydrogen-bond acceptors (Lipinski definition) is 4. The number of rotatable bonds is 6. The van der Waals surface area contributed by atoms with Gasteiger partial charge in [0.1, 0.15) is 0 Å². The number of hydrogen-bond donors (Lipinski definition) is 2. The predicted octanol–water partition coefficient (Wildman–Crippen LogP) is 3.64. The van der Waals surface area contributed by atoms with Gasteiger partial charge in [-0.15, -0.1) is 0 Å². The number of ether oxygens (including phenoxy) is 1. The molecule has 0 saturated heterocycles. The average Bonchev–Trinajstić information content (AvgIpc) is 2.73. The molecule has 0 spiro atoms. The Morgan fingerprint density at radius 3 is 2.04 bits per heavy atom. The highest BCUT2D eigenvalue weighted by atomic mass is 16.5. The molecule has 5 heteroatoms. The van der Waals surface area contributed by atoms with Gasteiger partial charge in [-0.2, -0.15) is 0 Å². The smallest absolute Gasteiger partial charge is 0.340 e. The molecule has 3 aromatic carbocycles. The maximum Gasteiger partial charge on any atom is 0.340 e. The Morgan fingerprint density at radius 1 is 0.893 bits per heavy atom. The molecule has 0 unspecified atom stereocenters. The maximum absolute atomic E-state index is 12.5. The molecule has 0 aliphatic rings. The van der Waals surface area contributed by atoms with Crippen LogP contribution in [-0.4, -0.2) is 18.5 Å². The summed E-state index contributed by atoms with van der Waals surface area (Å²) in [5.74, 6) is -1.01. The summed E-state index contributed by atoms with van der Waals surface area (Å²) in [6.45, 7) is 1.42. The first-order valence-electron chi connectivity index (χ1n) is 8.97. The Labute approximate surface area is 164 Å². The largest absolute Gasteiger partial charge is 0.452 e. The third-order valence-electron chi connectivity index (χ3n) is 4.45. The number of nitrogen functional groups attached to an aromatic ring is 1. The van der Waals surface area contributed by atoms with E-state index in [9.17, 15) is 9.59 Å². The zero-order valence-corrected chi connectivity index (χ0v) is 15.6. The van der Waals surface area contributed by atoms with E-state index >= 15 is 0 Å². The van der Waals surface area contributed by atoms with Crippen LogP contribution in [0.15, 0.2) is 78.9 Å². The fourth-order valence-corrected chi connectivity index (χ4v) is 2.92. The van der Waals surface area contributed by atoms with Crippen LogP contribution in [0.5, 0.6) is 0 Å². The Kier molecular flexibility index (Phi) is 6.07. The summed E-state index contributed by atoms with van der Waals surface area (Å²) in [7, 11) is 0. The maximum atomic E-state index is 12.5. The minimum atomic E-state index is -0.618. The lowest BCUT2D eigenvalue weighted by molar-refractivity contribution is -0.124. The summed E-state index contributed by atoms with van der Waals surface area (Å²) in [6.07, 6.45) is 0. The van der Waals surface area contributed by atoms with Crippen molar-refractivity contribution in [3.63, 3.8) is 0 Å². The van der Waals surface area contributed by atoms with Gasteiger partial charge in [0.2, 0.25) is 0 Å². The van der Waals surface area contributed by atoms with Gasteiger partial charge in [-0.05, 0) is 29.7 Å². The summed E-state index contributed by atoms with van der Waals surface area (Å²) >= 11 is 0. The van der Waals surface area contributed by atoms with E-state index in [2.05, 4.69) is 5.32 Å². The number of anilines is 1. The molecule has 3 rings (SSSR count). The van der Waals surface area contributed by atoms with Crippen LogP contribution in [0.3, 0.4) is 0 Å². The van der Waals surface area contributed by atoms with Crippen LogP contribution in [0.2, 0.25) is 0 Å². The van der Waals surface area contributed by atoms with E-state index in [0.29, 0.717) is 5.69 Å². The highest BCUT2D eigenvalue weighted by Gasteiger charge is 2.19. The second kappa shape index (κ2) is 8.86. The van der Waals surface area contributed by atoms with Gasteiger partial charge in [0.25, 0.3) is 5.91 Å². The monoisotopic (exact) mass is 374 g/mol. The molecule has 0 aromatic heterocycles. The Morgan fingerprint density at radius 2 is 1.46 bits per heavy atom. The van der Waals surface area contributed by atoms with Gasteiger partial charge in [0.15, 0.2) is 6.61 Å². The molecule has 5 nitrogen and oxygen atoms in total. The number of esters is 1. The third-order valence-corrected chi connectivity index (χ3v) is 4.45. The van der Waals surface area contributed by atoms with E-state index in [4.69, 9.17) is 10.5 Å². The molecule has 142 valence electrons. The second-order valence-electron chi connectivity index (χ2n) is 6.43. The molecule has 0 aliphatic carbocycles. The summed E-state index contributed by atoms with van der Waals surface area (Å²) in [5, 5.41) is 2.94. The SMILES string of the molecule is Cc1cccc(C(=O)OCC(=O)NC(c2ccccc2)c2ccccc2)c1N. The van der Waals surface area contributed by atoms with Crippen LogP contribution < -0.4 is 11.1 Å². The van der Waals surface area contributed by atoms with Crippen molar-refractivity contribution >= 4 is 17.6 Å². The molecule has 0 atom stereocenters. The van der Waals surface area contributed by atoms with Gasteiger partial charge in [-0.3, -0.25) is 4.79 Å². The number of carbonyl (C=O) groups excluding carboxylic acids is 2. The molecule has 3 N–H and O–H groups in total. The van der Waals surface area contributed by atoms with Crippen LogP contribution in [0.25, 0.3) is 0 Å². The van der Waals surface area contributed by atoms with Crippen LogP contribution in [-0.2, 0) is 9.53 Å². The van der Waals surface area contributed by atoms with Crippen LogP contribution >= 0.6 is 0 Å². The minimum Gasteiger partial charge on any atom is -0.452 e. The molecule has 3 aromatic rings. The van der Waals surface area contributed by atoms with Crippen molar-refractivity contribution in [2.75, 3.05) is 12.3 Å². The van der Waals surface area contributed by atoms with Crippen molar-refractivity contribution in [1.82, 2.24) is 5.32 Å². The fourth-order valence-electron chi connectivity index (χ4n) is 2.92. The third kappa shape index (κ3) is 4.57. The highest BCUT2D eigenvalue weighted by molar-refractivity contribution is 5.96. The quantitative estimate of drug-likeness (QED) is 0.510. The Bertz CT molecular complexity index is 917. The molecule has 0 fully saturated rings.